The Hall–Kier alpha value is -3.15. The van der Waals surface area contributed by atoms with Gasteiger partial charge >= 0.3 is 0 Å². The first kappa shape index (κ1) is 15.4. The van der Waals surface area contributed by atoms with E-state index >= 15 is 0 Å². The third kappa shape index (κ3) is 2.29. The number of para-hydroxylation sites is 1. The molecule has 0 amide bonds. The van der Waals surface area contributed by atoms with Crippen LogP contribution in [0.4, 0.5) is 17.6 Å². The highest BCUT2D eigenvalue weighted by molar-refractivity contribution is 5.95. The Bertz CT molecular complexity index is 988. The molecule has 0 bridgehead atoms. The van der Waals surface area contributed by atoms with Gasteiger partial charge in [-0.25, -0.2) is 22.2 Å². The van der Waals surface area contributed by atoms with Crippen LogP contribution in [-0.2, 0) is 0 Å². The van der Waals surface area contributed by atoms with Crippen molar-refractivity contribution in [2.75, 3.05) is 0 Å². The van der Waals surface area contributed by atoms with E-state index in [1.807, 2.05) is 0 Å². The number of nitrogens with zero attached hydrogens (tertiary/aromatic N) is 2. The van der Waals surface area contributed by atoms with E-state index in [2.05, 4.69) is 5.10 Å². The van der Waals surface area contributed by atoms with Crippen LogP contribution in [0.3, 0.4) is 0 Å². The van der Waals surface area contributed by atoms with Crippen LogP contribution in [0.25, 0.3) is 27.8 Å². The molecular formula is C19H10F4N2. The summed E-state index contributed by atoms with van der Waals surface area (Å²) in [6.45, 7) is 0. The second-order valence-corrected chi connectivity index (χ2v) is 5.44. The first-order valence-corrected chi connectivity index (χ1v) is 7.45. The number of aromatic nitrogens is 2. The van der Waals surface area contributed by atoms with Gasteiger partial charge in [0, 0.05) is 5.56 Å². The molecule has 2 nitrogen and oxygen atoms in total. The molecule has 1 heterocycles. The molecule has 6 heteroatoms. The first-order chi connectivity index (χ1) is 12.1. The highest BCUT2D eigenvalue weighted by Gasteiger charge is 2.28. The molecule has 4 aromatic rings. The quantitative estimate of drug-likeness (QED) is 0.276. The van der Waals surface area contributed by atoms with Crippen LogP contribution >= 0.6 is 0 Å². The third-order valence-electron chi connectivity index (χ3n) is 3.94. The largest absolute Gasteiger partial charge is 0.229 e. The second-order valence-electron chi connectivity index (χ2n) is 5.44. The first-order valence-electron chi connectivity index (χ1n) is 7.45. The molecule has 0 radical (unpaired) electrons. The molecule has 0 unspecified atom stereocenters. The summed E-state index contributed by atoms with van der Waals surface area (Å²) < 4.78 is 57.6. The molecule has 0 aliphatic rings. The molecule has 0 N–H and O–H groups in total. The number of benzene rings is 3. The number of fused-ring (bicyclic) bond motifs is 1. The van der Waals surface area contributed by atoms with Crippen LogP contribution < -0.4 is 0 Å². The summed E-state index contributed by atoms with van der Waals surface area (Å²) in [7, 11) is 0. The average molecular weight is 342 g/mol. The van der Waals surface area contributed by atoms with Crippen LogP contribution in [0, 0.1) is 23.3 Å². The zero-order valence-electron chi connectivity index (χ0n) is 12.7. The van der Waals surface area contributed by atoms with E-state index in [4.69, 9.17) is 0 Å². The topological polar surface area (TPSA) is 17.8 Å². The lowest BCUT2D eigenvalue weighted by atomic mass is 10.1. The fourth-order valence-electron chi connectivity index (χ4n) is 2.79. The van der Waals surface area contributed by atoms with Crippen molar-refractivity contribution in [3.05, 3.63) is 83.9 Å². The maximum absolute atomic E-state index is 14.5. The van der Waals surface area contributed by atoms with Gasteiger partial charge in [-0.15, -0.1) is 0 Å². The molecule has 0 atom stereocenters. The molecule has 1 aromatic heterocycles. The van der Waals surface area contributed by atoms with Gasteiger partial charge in [0.1, 0.15) is 11.2 Å². The lowest BCUT2D eigenvalue weighted by Gasteiger charge is -2.05. The van der Waals surface area contributed by atoms with E-state index in [9.17, 15) is 17.6 Å². The molecule has 0 saturated carbocycles. The van der Waals surface area contributed by atoms with E-state index in [0.29, 0.717) is 11.3 Å². The Morgan fingerprint density at radius 3 is 1.84 bits per heavy atom. The van der Waals surface area contributed by atoms with Crippen molar-refractivity contribution in [3.63, 3.8) is 0 Å². The predicted octanol–water partition coefficient (Wildman–Crippen LogP) is 5.25. The molecule has 0 aliphatic heterocycles. The molecule has 0 spiro atoms. The molecule has 3 aromatic carbocycles. The van der Waals surface area contributed by atoms with Gasteiger partial charge in [-0.3, -0.25) is 0 Å². The highest BCUT2D eigenvalue weighted by Crippen LogP contribution is 2.35. The summed E-state index contributed by atoms with van der Waals surface area (Å²) >= 11 is 0. The van der Waals surface area contributed by atoms with Crippen molar-refractivity contribution in [2.24, 2.45) is 0 Å². The van der Waals surface area contributed by atoms with Crippen LogP contribution in [0.15, 0.2) is 60.7 Å². The fraction of sp³-hybridized carbons (Fsp3) is 0. The minimum absolute atomic E-state index is 0.0368. The SMILES string of the molecule is Fc1c(F)c(F)c2c(c(-c3ccccc3)nn2-c2ccccc2)c1F. The van der Waals surface area contributed by atoms with Gasteiger partial charge in [0.2, 0.25) is 0 Å². The fourth-order valence-corrected chi connectivity index (χ4v) is 2.79. The van der Waals surface area contributed by atoms with Gasteiger partial charge in [-0.1, -0.05) is 48.5 Å². The van der Waals surface area contributed by atoms with E-state index in [1.54, 1.807) is 60.7 Å². The van der Waals surface area contributed by atoms with Crippen LogP contribution in [0.5, 0.6) is 0 Å². The van der Waals surface area contributed by atoms with Crippen molar-refractivity contribution in [3.8, 4) is 16.9 Å². The molecule has 124 valence electrons. The van der Waals surface area contributed by atoms with Crippen molar-refractivity contribution < 1.29 is 17.6 Å². The second kappa shape index (κ2) is 5.73. The summed E-state index contributed by atoms with van der Waals surface area (Å²) in [5.74, 6) is -6.65. The maximum Gasteiger partial charge on any atom is 0.199 e. The lowest BCUT2D eigenvalue weighted by Crippen LogP contribution is -2.02. The number of halogens is 4. The maximum atomic E-state index is 14.5. The van der Waals surface area contributed by atoms with Crippen molar-refractivity contribution in [2.45, 2.75) is 0 Å². The summed E-state index contributed by atoms with van der Waals surface area (Å²) in [6, 6.07) is 16.7. The normalized spacial score (nSPS) is 11.2. The monoisotopic (exact) mass is 342 g/mol. The molecule has 4 rings (SSSR count). The van der Waals surface area contributed by atoms with E-state index in [1.165, 1.54) is 0 Å². The minimum atomic E-state index is -1.86. The highest BCUT2D eigenvalue weighted by atomic mass is 19.2. The Morgan fingerprint density at radius 1 is 0.640 bits per heavy atom. The summed E-state index contributed by atoms with van der Waals surface area (Å²) in [4.78, 5) is 0. The molecule has 0 saturated heterocycles. The third-order valence-corrected chi connectivity index (χ3v) is 3.94. The number of rotatable bonds is 2. The van der Waals surface area contributed by atoms with Crippen molar-refractivity contribution in [1.29, 1.82) is 0 Å². The molecule has 25 heavy (non-hydrogen) atoms. The Balaban J connectivity index is 2.18. The Labute approximate surface area is 139 Å². The zero-order chi connectivity index (χ0) is 17.6. The van der Waals surface area contributed by atoms with Crippen LogP contribution in [-0.4, -0.2) is 9.78 Å². The lowest BCUT2D eigenvalue weighted by molar-refractivity contribution is 0.417. The molecular weight excluding hydrogens is 332 g/mol. The van der Waals surface area contributed by atoms with Crippen LogP contribution in [0.1, 0.15) is 0 Å². The van der Waals surface area contributed by atoms with Crippen molar-refractivity contribution in [1.82, 2.24) is 9.78 Å². The van der Waals surface area contributed by atoms with Gasteiger partial charge in [0.25, 0.3) is 0 Å². The minimum Gasteiger partial charge on any atom is -0.229 e. The smallest absolute Gasteiger partial charge is 0.199 e. The number of hydrogen-bond acceptors (Lipinski definition) is 1. The molecule has 0 fully saturated rings. The van der Waals surface area contributed by atoms with Gasteiger partial charge in [-0.05, 0) is 12.1 Å². The van der Waals surface area contributed by atoms with Crippen LogP contribution in [0.2, 0.25) is 0 Å². The van der Waals surface area contributed by atoms with Gasteiger partial charge in [0.05, 0.1) is 11.1 Å². The van der Waals surface area contributed by atoms with E-state index in [0.717, 1.165) is 4.68 Å². The number of hydrogen-bond donors (Lipinski definition) is 0. The molecule has 0 aliphatic carbocycles. The average Bonchev–Trinajstić information content (AvgIpc) is 3.07. The van der Waals surface area contributed by atoms with Gasteiger partial charge in [-0.2, -0.15) is 5.10 Å². The van der Waals surface area contributed by atoms with Gasteiger partial charge < -0.3 is 0 Å². The summed E-state index contributed by atoms with van der Waals surface area (Å²) in [5, 5.41) is 3.84. The van der Waals surface area contributed by atoms with Crippen molar-refractivity contribution >= 4 is 10.9 Å². The standard InChI is InChI=1S/C19H10F4N2/c20-14-13-18(11-7-3-1-4-8-11)24-25(12-9-5-2-6-10-12)19(13)17(23)16(22)15(14)21/h1-10H. The zero-order valence-corrected chi connectivity index (χ0v) is 12.7. The summed E-state index contributed by atoms with van der Waals surface area (Å²) in [5.41, 5.74) is 0.460. The van der Waals surface area contributed by atoms with E-state index in [-0.39, 0.29) is 5.69 Å². The summed E-state index contributed by atoms with van der Waals surface area (Å²) in [6.07, 6.45) is 0. The van der Waals surface area contributed by atoms with Gasteiger partial charge in [0.15, 0.2) is 23.3 Å². The Kier molecular flexibility index (Phi) is 3.53. The Morgan fingerprint density at radius 2 is 1.20 bits per heavy atom. The predicted molar refractivity (Wildman–Crippen MR) is 86.3 cm³/mol. The van der Waals surface area contributed by atoms with E-state index < -0.39 is 34.2 Å².